The molecule has 0 unspecified atom stereocenters. The molecule has 4 aromatic rings. The maximum atomic E-state index is 13.7. The van der Waals surface area contributed by atoms with Gasteiger partial charge in [-0.05, 0) is 40.8 Å². The van der Waals surface area contributed by atoms with Gasteiger partial charge in [0.2, 0.25) is 11.8 Å². The Morgan fingerprint density at radius 3 is 1.88 bits per heavy atom. The molecule has 0 aromatic heterocycles. The summed E-state index contributed by atoms with van der Waals surface area (Å²) < 4.78 is 22.1. The zero-order chi connectivity index (χ0) is 34.9. The Morgan fingerprint density at radius 1 is 0.837 bits per heavy atom. The Balaban J connectivity index is 1.22. The van der Waals surface area contributed by atoms with Crippen molar-refractivity contribution >= 4 is 87.5 Å². The van der Waals surface area contributed by atoms with Crippen LogP contribution in [0.15, 0.2) is 60.7 Å². The SMILES string of the molecule is CCCOC(=O)Nc1cc2c(c3ccccc13)[C@H](CCl)CN2C(=O)CCCC(=O)N1C[C@@H](CCl)c2c1cc(OP(=O)(O)O)c1ccccc21. The number of amides is 3. The summed E-state index contributed by atoms with van der Waals surface area (Å²) in [5.41, 5.74) is 3.41. The van der Waals surface area contributed by atoms with E-state index in [1.165, 1.54) is 6.07 Å². The molecule has 0 fully saturated rings. The topological polar surface area (TPSA) is 146 Å². The molecule has 0 bridgehead atoms. The van der Waals surface area contributed by atoms with Gasteiger partial charge in [-0.3, -0.25) is 24.7 Å². The van der Waals surface area contributed by atoms with Crippen LogP contribution in [-0.2, 0) is 18.9 Å². The van der Waals surface area contributed by atoms with Gasteiger partial charge in [0.15, 0.2) is 0 Å². The lowest BCUT2D eigenvalue weighted by Gasteiger charge is -2.21. The number of carbonyl (C=O) groups is 3. The van der Waals surface area contributed by atoms with Crippen molar-refractivity contribution in [3.63, 3.8) is 0 Å². The van der Waals surface area contributed by atoms with Gasteiger partial charge in [-0.1, -0.05) is 55.5 Å². The molecule has 6 rings (SSSR count). The number of hydrogen-bond donors (Lipinski definition) is 3. The number of alkyl halides is 2. The molecule has 0 radical (unpaired) electrons. The van der Waals surface area contributed by atoms with Crippen molar-refractivity contribution in [2.75, 3.05) is 46.6 Å². The van der Waals surface area contributed by atoms with Crippen LogP contribution in [0.5, 0.6) is 5.75 Å². The highest BCUT2D eigenvalue weighted by molar-refractivity contribution is 7.46. The van der Waals surface area contributed by atoms with E-state index in [9.17, 15) is 28.7 Å². The van der Waals surface area contributed by atoms with Gasteiger partial charge >= 0.3 is 13.9 Å². The van der Waals surface area contributed by atoms with Gasteiger partial charge in [0.1, 0.15) is 5.75 Å². The summed E-state index contributed by atoms with van der Waals surface area (Å²) in [5, 5.41) is 5.73. The number of hydrogen-bond acceptors (Lipinski definition) is 6. The zero-order valence-corrected chi connectivity index (χ0v) is 29.1. The molecule has 2 aliphatic rings. The fraction of sp³-hybridized carbons (Fsp3) is 0.343. The van der Waals surface area contributed by atoms with Crippen molar-refractivity contribution in [3.05, 3.63) is 71.8 Å². The molecule has 2 aliphatic heterocycles. The molecule has 3 amide bonds. The molecule has 3 N–H and O–H groups in total. The summed E-state index contributed by atoms with van der Waals surface area (Å²) >= 11 is 12.8. The average molecular weight is 729 g/mol. The Morgan fingerprint density at radius 2 is 1.35 bits per heavy atom. The quantitative estimate of drug-likeness (QED) is 0.106. The number of anilines is 3. The van der Waals surface area contributed by atoms with E-state index >= 15 is 0 Å². The zero-order valence-electron chi connectivity index (χ0n) is 26.7. The van der Waals surface area contributed by atoms with Crippen LogP contribution < -0.4 is 19.6 Å². The van der Waals surface area contributed by atoms with E-state index in [1.54, 1.807) is 34.1 Å². The van der Waals surface area contributed by atoms with Gasteiger partial charge in [-0.15, -0.1) is 23.2 Å². The average Bonchev–Trinajstić information content (AvgIpc) is 3.65. The third kappa shape index (κ3) is 7.09. The van der Waals surface area contributed by atoms with Crippen LogP contribution in [-0.4, -0.2) is 59.2 Å². The van der Waals surface area contributed by atoms with Crippen LogP contribution in [0.3, 0.4) is 0 Å². The van der Waals surface area contributed by atoms with E-state index in [2.05, 4.69) is 5.32 Å². The van der Waals surface area contributed by atoms with Crippen molar-refractivity contribution in [3.8, 4) is 5.75 Å². The number of nitrogens with one attached hydrogen (secondary N) is 1. The van der Waals surface area contributed by atoms with E-state index in [0.29, 0.717) is 46.7 Å². The monoisotopic (exact) mass is 727 g/mol. The first-order valence-electron chi connectivity index (χ1n) is 16.1. The largest absolute Gasteiger partial charge is 0.524 e. The minimum atomic E-state index is -4.89. The molecule has 14 heteroatoms. The lowest BCUT2D eigenvalue weighted by atomic mass is 9.95. The number of ether oxygens (including phenoxy) is 1. The lowest BCUT2D eigenvalue weighted by molar-refractivity contribution is -0.119. The smallest absolute Gasteiger partial charge is 0.449 e. The van der Waals surface area contributed by atoms with Crippen molar-refractivity contribution in [1.29, 1.82) is 0 Å². The predicted octanol–water partition coefficient (Wildman–Crippen LogP) is 7.63. The first kappa shape index (κ1) is 35.0. The Bertz CT molecular complexity index is 1990. The van der Waals surface area contributed by atoms with Gasteiger partial charge in [-0.25, -0.2) is 9.36 Å². The van der Waals surface area contributed by atoms with E-state index in [4.69, 9.17) is 32.5 Å². The second-order valence-electron chi connectivity index (χ2n) is 12.2. The molecule has 0 saturated heterocycles. The van der Waals surface area contributed by atoms with Crippen LogP contribution in [0.4, 0.5) is 21.9 Å². The van der Waals surface area contributed by atoms with Gasteiger partial charge in [0, 0.05) is 72.1 Å². The maximum absolute atomic E-state index is 13.7. The normalized spacial score (nSPS) is 16.9. The Kier molecular flexibility index (Phi) is 10.4. The molecule has 0 aliphatic carbocycles. The van der Waals surface area contributed by atoms with E-state index < -0.39 is 13.9 Å². The summed E-state index contributed by atoms with van der Waals surface area (Å²) in [5.74, 6) is -0.267. The highest BCUT2D eigenvalue weighted by Gasteiger charge is 2.37. The predicted molar refractivity (Wildman–Crippen MR) is 191 cm³/mol. The summed E-state index contributed by atoms with van der Waals surface area (Å²) in [4.78, 5) is 62.3. The molecule has 0 spiro atoms. The standard InChI is InChI=1S/C35H36Cl2N3O8P/c1-2-14-47-35(43)38-27-15-28-33(25-10-5-3-8-23(25)27)21(17-36)19-39(28)31(41)12-7-13-32(42)40-20-22(18-37)34-26-11-6-4-9-24(26)30(16-29(34)40)48-49(44,45)46/h3-6,8-11,15-16,21-22H,2,7,12-14,17-20H2,1H3,(H,38,43)(H2,44,45,46)/t21-,22-/m1/s1. The summed E-state index contributed by atoms with van der Waals surface area (Å²) in [6, 6.07) is 18.0. The molecule has 4 aromatic carbocycles. The number of phosphoric acid groups is 1. The first-order valence-corrected chi connectivity index (χ1v) is 18.7. The van der Waals surface area contributed by atoms with Gasteiger partial charge in [0.25, 0.3) is 0 Å². The first-order chi connectivity index (χ1) is 23.5. The Hall–Kier alpha value is -3.86. The lowest BCUT2D eigenvalue weighted by Crippen LogP contribution is -2.32. The van der Waals surface area contributed by atoms with Crippen molar-refractivity contribution < 1.29 is 38.0 Å². The minimum absolute atomic E-state index is 0.0348. The number of benzene rings is 4. The highest BCUT2D eigenvalue weighted by atomic mass is 35.5. The number of halogens is 2. The van der Waals surface area contributed by atoms with Crippen molar-refractivity contribution in [1.82, 2.24) is 0 Å². The third-order valence-electron chi connectivity index (χ3n) is 8.94. The van der Waals surface area contributed by atoms with Gasteiger partial charge in [-0.2, -0.15) is 0 Å². The molecular weight excluding hydrogens is 692 g/mol. The maximum Gasteiger partial charge on any atom is 0.524 e. The minimum Gasteiger partial charge on any atom is -0.449 e. The van der Waals surface area contributed by atoms with Crippen LogP contribution in [0.1, 0.15) is 55.6 Å². The summed E-state index contributed by atoms with van der Waals surface area (Å²) in [7, 11) is -4.89. The van der Waals surface area contributed by atoms with E-state index in [-0.39, 0.29) is 67.7 Å². The van der Waals surface area contributed by atoms with E-state index in [1.807, 2.05) is 37.3 Å². The number of carbonyl (C=O) groups excluding carboxylic acids is 3. The molecule has 2 atom stereocenters. The van der Waals surface area contributed by atoms with Crippen LogP contribution in [0.2, 0.25) is 0 Å². The Labute approximate surface area is 293 Å². The molecular formula is C35H36Cl2N3O8P. The summed E-state index contributed by atoms with van der Waals surface area (Å²) in [6.45, 7) is 2.84. The fourth-order valence-electron chi connectivity index (χ4n) is 6.89. The van der Waals surface area contributed by atoms with Crippen molar-refractivity contribution in [2.45, 2.75) is 44.4 Å². The molecule has 258 valence electrons. The van der Waals surface area contributed by atoms with Crippen LogP contribution in [0, 0.1) is 0 Å². The fourth-order valence-corrected chi connectivity index (χ4v) is 7.80. The van der Waals surface area contributed by atoms with Crippen LogP contribution in [0.25, 0.3) is 21.5 Å². The van der Waals surface area contributed by atoms with Crippen LogP contribution >= 0.6 is 31.0 Å². The highest BCUT2D eigenvalue weighted by Crippen LogP contribution is 2.49. The number of nitrogens with zero attached hydrogens (tertiary/aromatic N) is 2. The van der Waals surface area contributed by atoms with E-state index in [0.717, 1.165) is 21.9 Å². The van der Waals surface area contributed by atoms with Gasteiger partial charge < -0.3 is 19.1 Å². The molecule has 49 heavy (non-hydrogen) atoms. The molecule has 0 saturated carbocycles. The number of phosphoric ester groups is 1. The van der Waals surface area contributed by atoms with Crippen molar-refractivity contribution in [2.24, 2.45) is 0 Å². The second-order valence-corrected chi connectivity index (χ2v) is 13.9. The molecule has 2 heterocycles. The second kappa shape index (κ2) is 14.5. The summed E-state index contributed by atoms with van der Waals surface area (Å²) in [6.07, 6.45) is 0.492. The molecule has 11 nitrogen and oxygen atoms in total. The van der Waals surface area contributed by atoms with Gasteiger partial charge in [0.05, 0.1) is 18.0 Å². The third-order valence-corrected chi connectivity index (χ3v) is 10.1. The number of fused-ring (bicyclic) bond motifs is 6. The number of rotatable bonds is 11.